The number of H-pyrrole nitrogens is 1. The van der Waals surface area contributed by atoms with Gasteiger partial charge in [0.15, 0.2) is 0 Å². The van der Waals surface area contributed by atoms with Gasteiger partial charge in [0, 0.05) is 41.2 Å². The van der Waals surface area contributed by atoms with Crippen molar-refractivity contribution in [1.82, 2.24) is 9.88 Å². The second-order valence-corrected chi connectivity index (χ2v) is 8.42. The molecule has 2 aliphatic rings. The fourth-order valence-corrected chi connectivity index (χ4v) is 5.19. The van der Waals surface area contributed by atoms with Crippen molar-refractivity contribution in [2.24, 2.45) is 11.8 Å². The van der Waals surface area contributed by atoms with E-state index >= 15 is 0 Å². The van der Waals surface area contributed by atoms with E-state index in [1.54, 1.807) is 7.11 Å². The minimum absolute atomic E-state index is 0.300. The Morgan fingerprint density at radius 1 is 1.38 bits per heavy atom. The van der Waals surface area contributed by atoms with E-state index in [0.717, 1.165) is 31.6 Å². The van der Waals surface area contributed by atoms with E-state index in [1.807, 2.05) is 0 Å². The SMILES string of the molecule is CCC(C)CC1CC2c3[nH]c4cc(OC)ccc4c3CCN(C2C)C1O. The molecule has 1 fully saturated rings. The standard InChI is InChI=1S/C22H32N2O2/c1-5-13(2)10-15-11-19-14(3)24(22(15)25)9-8-18-17-7-6-16(26-4)12-20(17)23-21(18)19/h6-7,12-15,19,22-23,25H,5,8-11H2,1-4H3. The van der Waals surface area contributed by atoms with Crippen LogP contribution in [-0.2, 0) is 6.42 Å². The number of nitrogens with zero attached hydrogens (tertiary/aromatic N) is 1. The van der Waals surface area contributed by atoms with Crippen molar-refractivity contribution >= 4 is 10.9 Å². The summed E-state index contributed by atoms with van der Waals surface area (Å²) in [6.45, 7) is 7.78. The molecule has 0 saturated carbocycles. The molecule has 2 aliphatic heterocycles. The first-order valence-corrected chi connectivity index (χ1v) is 10.2. The highest BCUT2D eigenvalue weighted by atomic mass is 16.5. The number of hydrogen-bond donors (Lipinski definition) is 2. The number of rotatable bonds is 4. The third-order valence-electron chi connectivity index (χ3n) is 6.96. The highest BCUT2D eigenvalue weighted by molar-refractivity contribution is 5.86. The third kappa shape index (κ3) is 2.84. The number of aromatic nitrogens is 1. The number of ether oxygens (including phenoxy) is 1. The van der Waals surface area contributed by atoms with Crippen LogP contribution in [0.4, 0.5) is 0 Å². The summed E-state index contributed by atoms with van der Waals surface area (Å²) in [7, 11) is 1.72. The highest BCUT2D eigenvalue weighted by Gasteiger charge is 2.43. The minimum Gasteiger partial charge on any atom is -0.497 e. The Bertz CT molecular complexity index is 784. The summed E-state index contributed by atoms with van der Waals surface area (Å²) in [5.74, 6) is 2.39. The summed E-state index contributed by atoms with van der Waals surface area (Å²) in [4.78, 5) is 6.08. The molecule has 6 atom stereocenters. The number of hydrogen-bond acceptors (Lipinski definition) is 3. The number of aliphatic hydroxyl groups is 1. The summed E-state index contributed by atoms with van der Waals surface area (Å²) in [6.07, 6.45) is 4.06. The van der Waals surface area contributed by atoms with Crippen LogP contribution < -0.4 is 4.74 Å². The maximum absolute atomic E-state index is 11.0. The van der Waals surface area contributed by atoms with Crippen molar-refractivity contribution in [2.45, 2.75) is 64.6 Å². The molecule has 0 spiro atoms. The van der Waals surface area contributed by atoms with Crippen molar-refractivity contribution in [3.8, 4) is 5.75 Å². The lowest BCUT2D eigenvalue weighted by molar-refractivity contribution is -0.101. The molecule has 1 aromatic heterocycles. The van der Waals surface area contributed by atoms with Gasteiger partial charge in [-0.3, -0.25) is 4.90 Å². The van der Waals surface area contributed by atoms with Crippen molar-refractivity contribution in [1.29, 1.82) is 0 Å². The molecule has 4 rings (SSSR count). The van der Waals surface area contributed by atoms with E-state index in [4.69, 9.17) is 4.74 Å². The first-order valence-electron chi connectivity index (χ1n) is 10.2. The van der Waals surface area contributed by atoms with Gasteiger partial charge in [-0.25, -0.2) is 0 Å². The number of methoxy groups -OCH3 is 1. The molecule has 2 N–H and O–H groups in total. The molecule has 0 radical (unpaired) electrons. The van der Waals surface area contributed by atoms with Crippen LogP contribution in [0.2, 0.25) is 0 Å². The normalized spacial score (nSPS) is 32.1. The Labute approximate surface area is 156 Å². The van der Waals surface area contributed by atoms with E-state index in [-0.39, 0.29) is 6.23 Å². The van der Waals surface area contributed by atoms with E-state index in [0.29, 0.717) is 23.8 Å². The number of piperidine rings is 1. The zero-order valence-electron chi connectivity index (χ0n) is 16.5. The summed E-state index contributed by atoms with van der Waals surface area (Å²) in [6, 6.07) is 6.72. The first kappa shape index (κ1) is 17.9. The van der Waals surface area contributed by atoms with Gasteiger partial charge in [-0.2, -0.15) is 0 Å². The maximum Gasteiger partial charge on any atom is 0.120 e. The fraction of sp³-hybridized carbons (Fsp3) is 0.636. The molecule has 142 valence electrons. The molecule has 26 heavy (non-hydrogen) atoms. The van der Waals surface area contributed by atoms with Crippen LogP contribution in [0.25, 0.3) is 10.9 Å². The Balaban J connectivity index is 1.73. The van der Waals surface area contributed by atoms with Gasteiger partial charge in [0.2, 0.25) is 0 Å². The molecule has 0 aliphatic carbocycles. The van der Waals surface area contributed by atoms with Gasteiger partial charge < -0.3 is 14.8 Å². The van der Waals surface area contributed by atoms with Gasteiger partial charge in [0.25, 0.3) is 0 Å². The molecule has 4 nitrogen and oxygen atoms in total. The molecule has 2 aromatic rings. The molecule has 2 bridgehead atoms. The zero-order chi connectivity index (χ0) is 18.4. The molecular formula is C22H32N2O2. The van der Waals surface area contributed by atoms with Gasteiger partial charge in [-0.15, -0.1) is 0 Å². The Morgan fingerprint density at radius 3 is 2.92 bits per heavy atom. The van der Waals surface area contributed by atoms with Crippen LogP contribution in [0.3, 0.4) is 0 Å². The first-order chi connectivity index (χ1) is 12.5. The zero-order valence-corrected chi connectivity index (χ0v) is 16.5. The topological polar surface area (TPSA) is 48.5 Å². The number of aromatic amines is 1. The lowest BCUT2D eigenvalue weighted by Crippen LogP contribution is -2.53. The Kier molecular flexibility index (Phi) is 4.74. The summed E-state index contributed by atoms with van der Waals surface area (Å²) in [5, 5.41) is 12.3. The van der Waals surface area contributed by atoms with Crippen molar-refractivity contribution in [3.63, 3.8) is 0 Å². The van der Waals surface area contributed by atoms with Gasteiger partial charge >= 0.3 is 0 Å². The molecule has 1 aromatic carbocycles. The third-order valence-corrected chi connectivity index (χ3v) is 6.96. The van der Waals surface area contributed by atoms with Crippen LogP contribution in [0.1, 0.15) is 57.2 Å². The fourth-order valence-electron chi connectivity index (χ4n) is 5.19. The quantitative estimate of drug-likeness (QED) is 0.859. The Hall–Kier alpha value is -1.52. The average Bonchev–Trinajstić information content (AvgIpc) is 2.96. The number of fused-ring (bicyclic) bond motifs is 6. The Morgan fingerprint density at radius 2 is 2.19 bits per heavy atom. The van der Waals surface area contributed by atoms with E-state index in [2.05, 4.69) is 48.9 Å². The maximum atomic E-state index is 11.0. The smallest absolute Gasteiger partial charge is 0.120 e. The van der Waals surface area contributed by atoms with Gasteiger partial charge in [-0.05, 0) is 55.7 Å². The monoisotopic (exact) mass is 356 g/mol. The predicted molar refractivity (Wildman–Crippen MR) is 106 cm³/mol. The number of aliphatic hydroxyl groups excluding tert-OH is 1. The van der Waals surface area contributed by atoms with Gasteiger partial charge in [0.1, 0.15) is 12.0 Å². The molecule has 4 heteroatoms. The second-order valence-electron chi connectivity index (χ2n) is 8.42. The summed E-state index contributed by atoms with van der Waals surface area (Å²) >= 11 is 0. The molecule has 0 amide bonds. The van der Waals surface area contributed by atoms with Crippen LogP contribution in [-0.4, -0.2) is 40.9 Å². The number of nitrogens with one attached hydrogen (secondary N) is 1. The van der Waals surface area contributed by atoms with Gasteiger partial charge in [-0.1, -0.05) is 20.3 Å². The molecule has 6 unspecified atom stereocenters. The van der Waals surface area contributed by atoms with E-state index in [1.165, 1.54) is 28.6 Å². The van der Waals surface area contributed by atoms with Crippen molar-refractivity contribution < 1.29 is 9.84 Å². The predicted octanol–water partition coefficient (Wildman–Crippen LogP) is 4.28. The van der Waals surface area contributed by atoms with E-state index < -0.39 is 0 Å². The second kappa shape index (κ2) is 6.90. The lowest BCUT2D eigenvalue weighted by atomic mass is 9.77. The molecule has 3 heterocycles. The van der Waals surface area contributed by atoms with Crippen LogP contribution in [0.15, 0.2) is 18.2 Å². The minimum atomic E-state index is -0.300. The molecule has 1 saturated heterocycles. The summed E-state index contributed by atoms with van der Waals surface area (Å²) in [5.41, 5.74) is 4.02. The lowest BCUT2D eigenvalue weighted by Gasteiger charge is -2.46. The highest BCUT2D eigenvalue weighted by Crippen LogP contribution is 2.45. The van der Waals surface area contributed by atoms with Gasteiger partial charge in [0.05, 0.1) is 7.11 Å². The summed E-state index contributed by atoms with van der Waals surface area (Å²) < 4.78 is 5.41. The number of benzene rings is 1. The van der Waals surface area contributed by atoms with Crippen LogP contribution in [0.5, 0.6) is 5.75 Å². The van der Waals surface area contributed by atoms with Crippen molar-refractivity contribution in [3.05, 3.63) is 29.5 Å². The largest absolute Gasteiger partial charge is 0.497 e. The molecular weight excluding hydrogens is 324 g/mol. The van der Waals surface area contributed by atoms with Crippen molar-refractivity contribution in [2.75, 3.05) is 13.7 Å². The van der Waals surface area contributed by atoms with E-state index in [9.17, 15) is 5.11 Å². The average molecular weight is 357 g/mol. The van der Waals surface area contributed by atoms with Crippen LogP contribution in [0, 0.1) is 11.8 Å². The van der Waals surface area contributed by atoms with Crippen LogP contribution >= 0.6 is 0 Å².